The Labute approximate surface area is 206 Å². The first-order chi connectivity index (χ1) is 14.6. The molecule has 0 aromatic heterocycles. The number of hydrogen-bond acceptors (Lipinski definition) is 6. The van der Waals surface area contributed by atoms with Crippen molar-refractivity contribution < 1.29 is 23.9 Å². The number of amides is 2. The second-order valence-corrected chi connectivity index (χ2v) is 10.6. The average molecular weight is 571 g/mol. The van der Waals surface area contributed by atoms with Gasteiger partial charge in [-0.15, -0.1) is 0 Å². The number of nitrogens with zero attached hydrogens (tertiary/aromatic N) is 1. The van der Waals surface area contributed by atoms with Crippen LogP contribution in [0.4, 0.5) is 0 Å². The normalized spacial score (nSPS) is 22.0. The second kappa shape index (κ2) is 10.0. The molecule has 1 N–H and O–H groups in total. The molecule has 1 unspecified atom stereocenters. The molecule has 12 heteroatoms. The van der Waals surface area contributed by atoms with Crippen molar-refractivity contribution in [1.29, 1.82) is 0 Å². The molecular formula is C19H16BrCl3N2O5S. The molecule has 31 heavy (non-hydrogen) atoms. The largest absolute Gasteiger partial charge is 0.484 e. The van der Waals surface area contributed by atoms with Crippen LogP contribution in [0.25, 0.3) is 0 Å². The van der Waals surface area contributed by atoms with E-state index in [1.165, 1.54) is 16.7 Å². The molecule has 0 spiro atoms. The average Bonchev–Trinajstić information content (AvgIpc) is 2.74. The summed E-state index contributed by atoms with van der Waals surface area (Å²) in [6, 6.07) is 8.00. The lowest BCUT2D eigenvalue weighted by Gasteiger charge is -2.49. The van der Waals surface area contributed by atoms with Crippen LogP contribution in [0.15, 0.2) is 51.5 Å². The van der Waals surface area contributed by atoms with Gasteiger partial charge in [0.1, 0.15) is 29.5 Å². The maximum Gasteiger partial charge on any atom is 0.355 e. The number of β-lactam (4-membered cyclic amide) rings is 1. The highest BCUT2D eigenvalue weighted by molar-refractivity contribution is 9.11. The van der Waals surface area contributed by atoms with E-state index in [4.69, 9.17) is 44.3 Å². The van der Waals surface area contributed by atoms with Crippen LogP contribution in [-0.4, -0.2) is 51.1 Å². The van der Waals surface area contributed by atoms with E-state index in [-0.39, 0.29) is 12.3 Å². The summed E-state index contributed by atoms with van der Waals surface area (Å²) in [5.41, 5.74) is 0.567. The first-order valence-corrected chi connectivity index (χ1v) is 11.8. The zero-order valence-corrected chi connectivity index (χ0v) is 20.6. The summed E-state index contributed by atoms with van der Waals surface area (Å²) in [6.45, 7) is 0.950. The number of benzene rings is 1. The second-order valence-electron chi connectivity index (χ2n) is 6.50. The van der Waals surface area contributed by atoms with Crippen LogP contribution in [0.3, 0.4) is 0 Å². The third-order valence-corrected chi connectivity index (χ3v) is 6.84. The zero-order valence-electron chi connectivity index (χ0n) is 15.9. The van der Waals surface area contributed by atoms with E-state index < -0.39 is 39.6 Å². The lowest BCUT2D eigenvalue weighted by atomic mass is 10.0. The molecule has 1 aromatic carbocycles. The molecule has 0 bridgehead atoms. The number of rotatable bonds is 6. The van der Waals surface area contributed by atoms with Crippen LogP contribution >= 0.6 is 62.5 Å². The van der Waals surface area contributed by atoms with Gasteiger partial charge in [0.05, 0.1) is 0 Å². The fraction of sp³-hybridized carbons (Fsp3) is 0.316. The predicted molar refractivity (Wildman–Crippen MR) is 123 cm³/mol. The fourth-order valence-corrected chi connectivity index (χ4v) is 4.98. The molecule has 1 aromatic rings. The monoisotopic (exact) mass is 568 g/mol. The highest BCUT2D eigenvalue weighted by atomic mass is 79.9. The number of carbonyl (C=O) groups is 3. The third kappa shape index (κ3) is 5.70. The summed E-state index contributed by atoms with van der Waals surface area (Å²) in [5.74, 6) is -1.17. The molecule has 1 saturated heterocycles. The van der Waals surface area contributed by atoms with Crippen molar-refractivity contribution in [3.63, 3.8) is 0 Å². The summed E-state index contributed by atoms with van der Waals surface area (Å²) in [4.78, 5) is 41.3. The van der Waals surface area contributed by atoms with Gasteiger partial charge in [0.15, 0.2) is 6.61 Å². The first-order valence-electron chi connectivity index (χ1n) is 8.85. The Morgan fingerprint density at radius 3 is 2.58 bits per heavy atom. The summed E-state index contributed by atoms with van der Waals surface area (Å²) < 4.78 is 8.69. The van der Waals surface area contributed by atoms with E-state index in [0.717, 1.165) is 0 Å². The van der Waals surface area contributed by atoms with Crippen LogP contribution < -0.4 is 10.1 Å². The summed E-state index contributed by atoms with van der Waals surface area (Å²) in [6.07, 6.45) is 0. The van der Waals surface area contributed by atoms with Gasteiger partial charge in [-0.25, -0.2) is 4.79 Å². The van der Waals surface area contributed by atoms with Crippen LogP contribution in [0.5, 0.6) is 5.75 Å². The number of fused-ring (bicyclic) bond motifs is 1. The molecule has 2 aliphatic heterocycles. The lowest BCUT2D eigenvalue weighted by molar-refractivity contribution is -0.153. The Hall–Kier alpha value is -1.39. The van der Waals surface area contributed by atoms with Crippen molar-refractivity contribution >= 4 is 80.3 Å². The van der Waals surface area contributed by atoms with Gasteiger partial charge in [0.25, 0.3) is 11.8 Å². The van der Waals surface area contributed by atoms with Gasteiger partial charge in [-0.05, 0) is 29.6 Å². The number of alkyl halides is 3. The Bertz CT molecular complexity index is 952. The molecular weight excluding hydrogens is 555 g/mol. The summed E-state index contributed by atoms with van der Waals surface area (Å²) in [7, 11) is 0. The maximum atomic E-state index is 12.8. The van der Waals surface area contributed by atoms with Gasteiger partial charge >= 0.3 is 5.97 Å². The zero-order chi connectivity index (χ0) is 22.8. The van der Waals surface area contributed by atoms with Crippen LogP contribution in [0.1, 0.15) is 6.92 Å². The number of hydrogen-bond donors (Lipinski definition) is 1. The van der Waals surface area contributed by atoms with Gasteiger partial charge < -0.3 is 14.8 Å². The molecule has 2 aliphatic rings. The molecule has 166 valence electrons. The molecule has 0 saturated carbocycles. The minimum atomic E-state index is -1.78. The highest BCUT2D eigenvalue weighted by Gasteiger charge is 2.55. The quantitative estimate of drug-likeness (QED) is 0.318. The number of halogens is 4. The molecule has 7 nitrogen and oxygen atoms in total. The van der Waals surface area contributed by atoms with Gasteiger partial charge in [-0.1, -0.05) is 80.7 Å². The van der Waals surface area contributed by atoms with Gasteiger partial charge in [0, 0.05) is 4.91 Å². The van der Waals surface area contributed by atoms with E-state index in [9.17, 15) is 14.4 Å². The standard InChI is InChI=1S/C19H16BrCl3N2O5S/c1-10-12(7-20)31-17-14(24-13(26)8-29-11-5-3-2-4-6-11)16(27)25(17)15(10)18(28)30-9-19(21,22)23/h2-7,14,17H,8-9H2,1H3,(H,24,26)/b12-7-/t14?,17-/m1/s1. The van der Waals surface area contributed by atoms with E-state index >= 15 is 0 Å². The van der Waals surface area contributed by atoms with E-state index in [1.807, 2.05) is 6.07 Å². The van der Waals surface area contributed by atoms with Crippen LogP contribution in [-0.2, 0) is 19.1 Å². The lowest BCUT2D eigenvalue weighted by Crippen LogP contribution is -2.70. The Morgan fingerprint density at radius 1 is 1.29 bits per heavy atom. The predicted octanol–water partition coefficient (Wildman–Crippen LogP) is 3.89. The summed E-state index contributed by atoms with van der Waals surface area (Å²) in [5, 5.41) is 2.12. The Kier molecular flexibility index (Phi) is 7.86. The molecule has 1 fully saturated rings. The third-order valence-electron chi connectivity index (χ3n) is 4.35. The van der Waals surface area contributed by atoms with Gasteiger partial charge in [-0.2, -0.15) is 0 Å². The SMILES string of the molecule is CC1=C(C(=O)OCC(Cl)(Cl)Cl)N2C(=O)C(NC(=O)COc3ccccc3)[C@H]2S/C1=C\Br. The molecule has 2 amide bonds. The summed E-state index contributed by atoms with van der Waals surface area (Å²) >= 11 is 21.5. The molecule has 0 radical (unpaired) electrons. The topological polar surface area (TPSA) is 84.9 Å². The number of esters is 1. The molecule has 0 aliphatic carbocycles. The van der Waals surface area contributed by atoms with Gasteiger partial charge in [0.2, 0.25) is 3.79 Å². The van der Waals surface area contributed by atoms with E-state index in [0.29, 0.717) is 16.2 Å². The minimum Gasteiger partial charge on any atom is -0.484 e. The van der Waals surface area contributed by atoms with E-state index in [2.05, 4.69) is 21.2 Å². The van der Waals surface area contributed by atoms with Crippen molar-refractivity contribution in [3.8, 4) is 5.75 Å². The number of para-hydroxylation sites is 1. The van der Waals surface area contributed by atoms with Crippen molar-refractivity contribution in [2.24, 2.45) is 0 Å². The first kappa shape index (κ1) is 24.3. The minimum absolute atomic E-state index is 0.0414. The van der Waals surface area contributed by atoms with Crippen molar-refractivity contribution in [3.05, 3.63) is 51.5 Å². The van der Waals surface area contributed by atoms with E-state index in [1.54, 1.807) is 36.2 Å². The smallest absolute Gasteiger partial charge is 0.355 e. The van der Waals surface area contributed by atoms with Crippen molar-refractivity contribution in [1.82, 2.24) is 10.2 Å². The van der Waals surface area contributed by atoms with Crippen LogP contribution in [0.2, 0.25) is 0 Å². The Morgan fingerprint density at radius 2 is 1.97 bits per heavy atom. The van der Waals surface area contributed by atoms with Crippen molar-refractivity contribution in [2.45, 2.75) is 22.1 Å². The number of ether oxygens (including phenoxy) is 2. The fourth-order valence-electron chi connectivity index (χ4n) is 2.93. The molecule has 2 heterocycles. The van der Waals surface area contributed by atoms with Gasteiger partial charge in [-0.3, -0.25) is 14.5 Å². The maximum absolute atomic E-state index is 12.8. The van der Waals surface area contributed by atoms with Crippen LogP contribution in [0, 0.1) is 0 Å². The number of nitrogens with one attached hydrogen (secondary N) is 1. The number of thioether (sulfide) groups is 1. The Balaban J connectivity index is 1.69. The number of allylic oxidation sites excluding steroid dienone is 1. The van der Waals surface area contributed by atoms with Crippen molar-refractivity contribution in [2.75, 3.05) is 13.2 Å². The number of carbonyl (C=O) groups excluding carboxylic acids is 3. The molecule has 2 atom stereocenters. The molecule has 3 rings (SSSR count). The highest BCUT2D eigenvalue weighted by Crippen LogP contribution is 2.47.